The van der Waals surface area contributed by atoms with Crippen LogP contribution in [0.5, 0.6) is 0 Å². The van der Waals surface area contributed by atoms with E-state index in [4.69, 9.17) is 0 Å². The highest BCUT2D eigenvalue weighted by Crippen LogP contribution is 2.34. The SMILES string of the molecule is CN(C)C(CNc1ccc2nnc(C(F)(F)F)n2n1)C1CC1. The zero-order chi connectivity index (χ0) is 15.9. The molecule has 1 fully saturated rings. The van der Waals surface area contributed by atoms with Gasteiger partial charge in [0.05, 0.1) is 0 Å². The van der Waals surface area contributed by atoms with Crippen LogP contribution in [-0.4, -0.2) is 51.4 Å². The van der Waals surface area contributed by atoms with Gasteiger partial charge in [-0.05, 0) is 45.0 Å². The molecule has 0 spiro atoms. The second kappa shape index (κ2) is 5.38. The highest BCUT2D eigenvalue weighted by Gasteiger charge is 2.37. The third kappa shape index (κ3) is 2.99. The lowest BCUT2D eigenvalue weighted by molar-refractivity contribution is -0.146. The standard InChI is InChI=1S/C13H17F3N6/c1-21(2)9(8-3-4-8)7-17-10-5-6-11-18-19-12(13(14,15)16)22(11)20-10/h5-6,8-9H,3-4,7H2,1-2H3,(H,17,20). The van der Waals surface area contributed by atoms with Crippen LogP contribution < -0.4 is 5.32 Å². The van der Waals surface area contributed by atoms with Gasteiger partial charge in [0.2, 0.25) is 0 Å². The number of likely N-dealkylation sites (N-methyl/N-ethyl adjacent to an activating group) is 1. The van der Waals surface area contributed by atoms with E-state index in [0.717, 1.165) is 4.52 Å². The van der Waals surface area contributed by atoms with Gasteiger partial charge in [0, 0.05) is 12.6 Å². The minimum atomic E-state index is -4.58. The first-order valence-corrected chi connectivity index (χ1v) is 7.06. The number of alkyl halides is 3. The number of rotatable bonds is 5. The Bertz CT molecular complexity index is 659. The van der Waals surface area contributed by atoms with Crippen molar-refractivity contribution in [2.24, 2.45) is 5.92 Å². The molecule has 0 radical (unpaired) electrons. The van der Waals surface area contributed by atoms with Crippen LogP contribution in [-0.2, 0) is 6.18 Å². The van der Waals surface area contributed by atoms with Gasteiger partial charge in [-0.3, -0.25) is 0 Å². The van der Waals surface area contributed by atoms with Crippen molar-refractivity contribution in [3.05, 3.63) is 18.0 Å². The Morgan fingerprint density at radius 2 is 2.05 bits per heavy atom. The van der Waals surface area contributed by atoms with Crippen LogP contribution in [0.4, 0.5) is 19.0 Å². The van der Waals surface area contributed by atoms with E-state index in [1.165, 1.54) is 18.9 Å². The molecule has 1 saturated carbocycles. The minimum Gasteiger partial charge on any atom is -0.367 e. The fourth-order valence-electron chi connectivity index (χ4n) is 2.52. The Morgan fingerprint density at radius 1 is 1.32 bits per heavy atom. The summed E-state index contributed by atoms with van der Waals surface area (Å²) in [5.41, 5.74) is 0.0734. The van der Waals surface area contributed by atoms with Crippen LogP contribution in [0.1, 0.15) is 18.7 Å². The molecular formula is C13H17F3N6. The van der Waals surface area contributed by atoms with Crippen molar-refractivity contribution in [2.75, 3.05) is 26.0 Å². The molecule has 3 rings (SSSR count). The van der Waals surface area contributed by atoms with E-state index >= 15 is 0 Å². The molecule has 120 valence electrons. The van der Waals surface area contributed by atoms with Crippen molar-refractivity contribution in [3.8, 4) is 0 Å². The lowest BCUT2D eigenvalue weighted by atomic mass is 10.1. The predicted molar refractivity (Wildman–Crippen MR) is 74.5 cm³/mol. The van der Waals surface area contributed by atoms with Gasteiger partial charge in [0.25, 0.3) is 5.82 Å². The zero-order valence-corrected chi connectivity index (χ0v) is 12.3. The summed E-state index contributed by atoms with van der Waals surface area (Å²) in [4.78, 5) is 2.13. The van der Waals surface area contributed by atoms with E-state index in [9.17, 15) is 13.2 Å². The quantitative estimate of drug-likeness (QED) is 0.913. The first-order valence-electron chi connectivity index (χ1n) is 7.06. The van der Waals surface area contributed by atoms with E-state index < -0.39 is 12.0 Å². The fourth-order valence-corrected chi connectivity index (χ4v) is 2.52. The van der Waals surface area contributed by atoms with Gasteiger partial charge in [-0.2, -0.15) is 17.7 Å². The molecule has 22 heavy (non-hydrogen) atoms. The molecule has 6 nitrogen and oxygen atoms in total. The van der Waals surface area contributed by atoms with Crippen LogP contribution in [0.25, 0.3) is 5.65 Å². The first-order chi connectivity index (χ1) is 10.4. The number of hydrogen-bond donors (Lipinski definition) is 1. The molecule has 0 saturated heterocycles. The monoisotopic (exact) mass is 314 g/mol. The van der Waals surface area contributed by atoms with Crippen molar-refractivity contribution in [3.63, 3.8) is 0 Å². The average molecular weight is 314 g/mol. The van der Waals surface area contributed by atoms with E-state index in [0.29, 0.717) is 24.3 Å². The second-order valence-electron chi connectivity index (χ2n) is 5.76. The molecule has 1 N–H and O–H groups in total. The number of halogens is 3. The third-order valence-corrected chi connectivity index (χ3v) is 3.84. The summed E-state index contributed by atoms with van der Waals surface area (Å²) in [6.07, 6.45) is -2.19. The maximum atomic E-state index is 12.8. The maximum absolute atomic E-state index is 12.8. The van der Waals surface area contributed by atoms with E-state index in [-0.39, 0.29) is 5.65 Å². The topological polar surface area (TPSA) is 58.3 Å². The predicted octanol–water partition coefficient (Wildman–Crippen LogP) is 1.90. The molecule has 2 aromatic heterocycles. The largest absolute Gasteiger partial charge is 0.453 e. The van der Waals surface area contributed by atoms with Gasteiger partial charge in [-0.15, -0.1) is 15.3 Å². The molecule has 1 aliphatic rings. The molecule has 0 aromatic carbocycles. The lowest BCUT2D eigenvalue weighted by Gasteiger charge is -2.24. The number of nitrogens with zero attached hydrogens (tertiary/aromatic N) is 5. The van der Waals surface area contributed by atoms with Crippen molar-refractivity contribution in [1.82, 2.24) is 24.7 Å². The Hall–Kier alpha value is -1.90. The summed E-state index contributed by atoms with van der Waals surface area (Å²) in [6.45, 7) is 0.639. The molecule has 1 atom stereocenters. The zero-order valence-electron chi connectivity index (χ0n) is 12.3. The Morgan fingerprint density at radius 3 is 2.64 bits per heavy atom. The molecule has 0 bridgehead atoms. The second-order valence-corrected chi connectivity index (χ2v) is 5.76. The van der Waals surface area contributed by atoms with Gasteiger partial charge in [0.1, 0.15) is 5.82 Å². The van der Waals surface area contributed by atoms with E-state index in [2.05, 4.69) is 25.5 Å². The fraction of sp³-hybridized carbons (Fsp3) is 0.615. The van der Waals surface area contributed by atoms with Crippen LogP contribution in [0.3, 0.4) is 0 Å². The summed E-state index contributed by atoms with van der Waals surface area (Å²) < 4.78 is 39.2. The molecule has 9 heteroatoms. The van der Waals surface area contributed by atoms with Crippen molar-refractivity contribution < 1.29 is 13.2 Å². The summed E-state index contributed by atoms with van der Waals surface area (Å²) >= 11 is 0. The lowest BCUT2D eigenvalue weighted by Crippen LogP contribution is -2.36. The molecule has 0 aliphatic heterocycles. The molecule has 2 heterocycles. The van der Waals surface area contributed by atoms with Gasteiger partial charge >= 0.3 is 6.18 Å². The molecule has 2 aromatic rings. The summed E-state index contributed by atoms with van der Waals surface area (Å²) in [7, 11) is 4.01. The highest BCUT2D eigenvalue weighted by atomic mass is 19.4. The van der Waals surface area contributed by atoms with Gasteiger partial charge in [-0.25, -0.2) is 0 Å². The number of fused-ring (bicyclic) bond motifs is 1. The summed E-state index contributed by atoms with van der Waals surface area (Å²) in [6, 6.07) is 3.43. The van der Waals surface area contributed by atoms with Crippen molar-refractivity contribution in [1.29, 1.82) is 0 Å². The van der Waals surface area contributed by atoms with Gasteiger partial charge in [-0.1, -0.05) is 0 Å². The van der Waals surface area contributed by atoms with Crippen molar-refractivity contribution >= 4 is 11.5 Å². The minimum absolute atomic E-state index is 0.0734. The Kier molecular flexibility index (Phi) is 3.67. The number of anilines is 1. The summed E-state index contributed by atoms with van der Waals surface area (Å²) in [5, 5.41) is 13.7. The van der Waals surface area contributed by atoms with Crippen LogP contribution in [0, 0.1) is 5.92 Å². The number of aromatic nitrogens is 4. The molecule has 1 unspecified atom stereocenters. The Balaban J connectivity index is 1.79. The summed E-state index contributed by atoms with van der Waals surface area (Å²) in [5.74, 6) is -0.0883. The first kappa shape index (κ1) is 15.0. The van der Waals surface area contributed by atoms with Crippen molar-refractivity contribution in [2.45, 2.75) is 25.1 Å². The Labute approximate surface area is 125 Å². The normalized spacial score (nSPS) is 17.2. The van der Waals surface area contributed by atoms with Crippen LogP contribution >= 0.6 is 0 Å². The van der Waals surface area contributed by atoms with E-state index in [1.54, 1.807) is 6.07 Å². The van der Waals surface area contributed by atoms with Crippen LogP contribution in [0.15, 0.2) is 12.1 Å². The molecular weight excluding hydrogens is 297 g/mol. The maximum Gasteiger partial charge on any atom is 0.453 e. The average Bonchev–Trinajstić information content (AvgIpc) is 3.15. The number of nitrogens with one attached hydrogen (secondary N) is 1. The molecule has 0 amide bonds. The number of hydrogen-bond acceptors (Lipinski definition) is 5. The van der Waals surface area contributed by atoms with Gasteiger partial charge < -0.3 is 10.2 Å². The highest BCUT2D eigenvalue weighted by molar-refractivity contribution is 5.44. The van der Waals surface area contributed by atoms with E-state index in [1.807, 2.05) is 14.1 Å². The van der Waals surface area contributed by atoms with Crippen LogP contribution in [0.2, 0.25) is 0 Å². The molecule has 1 aliphatic carbocycles. The third-order valence-electron chi connectivity index (χ3n) is 3.84. The smallest absolute Gasteiger partial charge is 0.367 e. The van der Waals surface area contributed by atoms with Gasteiger partial charge in [0.15, 0.2) is 5.65 Å².